The molecule has 0 heterocycles. The van der Waals surface area contributed by atoms with Gasteiger partial charge in [-0.25, -0.2) is 13.2 Å². The second kappa shape index (κ2) is 9.24. The van der Waals surface area contributed by atoms with E-state index in [1.54, 1.807) is 36.4 Å². The molecule has 0 aromatic heterocycles. The van der Waals surface area contributed by atoms with Gasteiger partial charge in [-0.2, -0.15) is 0 Å². The van der Waals surface area contributed by atoms with Crippen molar-refractivity contribution in [3.8, 4) is 0 Å². The van der Waals surface area contributed by atoms with Gasteiger partial charge in [-0.05, 0) is 42.3 Å². The van der Waals surface area contributed by atoms with Crippen molar-refractivity contribution in [1.82, 2.24) is 5.32 Å². The van der Waals surface area contributed by atoms with Crippen LogP contribution < -0.4 is 5.32 Å². The van der Waals surface area contributed by atoms with Crippen LogP contribution in [0.5, 0.6) is 0 Å². The van der Waals surface area contributed by atoms with Crippen LogP contribution in [0.4, 0.5) is 4.79 Å². The molecule has 3 aromatic carbocycles. The van der Waals surface area contributed by atoms with E-state index in [4.69, 9.17) is 4.74 Å². The van der Waals surface area contributed by atoms with Gasteiger partial charge in [0.05, 0.1) is 4.90 Å². The molecule has 1 unspecified atom stereocenters. The fraction of sp³-hybridized carbons (Fsp3) is 0.136. The van der Waals surface area contributed by atoms with Crippen LogP contribution in [-0.2, 0) is 21.2 Å². The SMILES string of the molecule is Cc1ccc(S(=O)(=O)C(NC(=O)OCc2ccccc2)c2ccc(Br)cc2)cc1. The zero-order valence-corrected chi connectivity index (χ0v) is 18.1. The molecule has 3 aromatic rings. The highest BCUT2D eigenvalue weighted by molar-refractivity contribution is 9.10. The summed E-state index contributed by atoms with van der Waals surface area (Å²) >= 11 is 3.34. The van der Waals surface area contributed by atoms with Crippen LogP contribution in [-0.4, -0.2) is 14.5 Å². The number of halogens is 1. The van der Waals surface area contributed by atoms with E-state index in [9.17, 15) is 13.2 Å². The second-order valence-electron chi connectivity index (χ2n) is 6.50. The van der Waals surface area contributed by atoms with E-state index in [0.29, 0.717) is 5.56 Å². The molecule has 150 valence electrons. The van der Waals surface area contributed by atoms with Crippen molar-refractivity contribution in [3.63, 3.8) is 0 Å². The van der Waals surface area contributed by atoms with E-state index in [1.807, 2.05) is 37.3 Å². The first kappa shape index (κ1) is 21.1. The zero-order chi connectivity index (χ0) is 20.9. The Morgan fingerprint density at radius 3 is 2.21 bits per heavy atom. The Morgan fingerprint density at radius 1 is 0.966 bits per heavy atom. The molecule has 0 saturated heterocycles. The number of carbonyl (C=O) groups is 1. The number of alkyl carbamates (subject to hydrolysis) is 1. The molecule has 0 spiro atoms. The summed E-state index contributed by atoms with van der Waals surface area (Å²) in [4.78, 5) is 12.5. The Kier molecular flexibility index (Phi) is 6.71. The van der Waals surface area contributed by atoms with E-state index in [1.165, 1.54) is 12.1 Å². The standard InChI is InChI=1S/C22H20BrNO4S/c1-16-7-13-20(14-8-16)29(26,27)21(18-9-11-19(23)12-10-18)24-22(25)28-15-17-5-3-2-4-6-17/h2-14,21H,15H2,1H3,(H,24,25). The summed E-state index contributed by atoms with van der Waals surface area (Å²) in [6, 6.07) is 22.4. The molecule has 0 fully saturated rings. The van der Waals surface area contributed by atoms with Crippen LogP contribution in [0.2, 0.25) is 0 Å². The first-order valence-corrected chi connectivity index (χ1v) is 11.2. The third-order valence-corrected chi connectivity index (χ3v) is 6.76. The molecule has 0 aliphatic heterocycles. The van der Waals surface area contributed by atoms with Gasteiger partial charge in [0.25, 0.3) is 0 Å². The van der Waals surface area contributed by atoms with Crippen molar-refractivity contribution in [2.45, 2.75) is 23.8 Å². The number of rotatable bonds is 6. The first-order valence-electron chi connectivity index (χ1n) is 8.89. The Morgan fingerprint density at radius 2 is 1.59 bits per heavy atom. The number of carbonyl (C=O) groups excluding carboxylic acids is 1. The van der Waals surface area contributed by atoms with Gasteiger partial charge < -0.3 is 10.1 Å². The molecule has 1 amide bonds. The predicted molar refractivity (Wildman–Crippen MR) is 115 cm³/mol. The number of sulfone groups is 1. The van der Waals surface area contributed by atoms with Crippen molar-refractivity contribution in [3.05, 3.63) is 100 Å². The number of nitrogens with one attached hydrogen (secondary N) is 1. The summed E-state index contributed by atoms with van der Waals surface area (Å²) in [5.74, 6) is 0. The number of hydrogen-bond donors (Lipinski definition) is 1. The molecule has 1 N–H and O–H groups in total. The van der Waals surface area contributed by atoms with Gasteiger partial charge in [0.15, 0.2) is 5.37 Å². The third kappa shape index (κ3) is 5.46. The summed E-state index contributed by atoms with van der Waals surface area (Å²) in [5, 5.41) is 1.24. The maximum atomic E-state index is 13.3. The minimum Gasteiger partial charge on any atom is -0.445 e. The molecule has 0 bridgehead atoms. The summed E-state index contributed by atoms with van der Waals surface area (Å²) in [5.41, 5.74) is 2.19. The van der Waals surface area contributed by atoms with Crippen LogP contribution in [0, 0.1) is 6.92 Å². The molecule has 29 heavy (non-hydrogen) atoms. The smallest absolute Gasteiger partial charge is 0.408 e. The Bertz CT molecular complexity index is 1070. The highest BCUT2D eigenvalue weighted by Gasteiger charge is 2.31. The van der Waals surface area contributed by atoms with Gasteiger partial charge in [-0.1, -0.05) is 76.1 Å². The molecule has 1 atom stereocenters. The van der Waals surface area contributed by atoms with Crippen LogP contribution in [0.15, 0.2) is 88.2 Å². The van der Waals surface area contributed by atoms with Crippen LogP contribution in [0.25, 0.3) is 0 Å². The lowest BCUT2D eigenvalue weighted by atomic mass is 10.2. The highest BCUT2D eigenvalue weighted by Crippen LogP contribution is 2.28. The molecule has 0 aliphatic rings. The topological polar surface area (TPSA) is 72.5 Å². The third-order valence-electron chi connectivity index (χ3n) is 4.29. The second-order valence-corrected chi connectivity index (χ2v) is 9.44. The molecule has 0 radical (unpaired) electrons. The number of ether oxygens (including phenoxy) is 1. The molecule has 3 rings (SSSR count). The number of benzene rings is 3. The maximum absolute atomic E-state index is 13.3. The van der Waals surface area contributed by atoms with E-state index >= 15 is 0 Å². The van der Waals surface area contributed by atoms with Crippen LogP contribution in [0.3, 0.4) is 0 Å². The normalized spacial score (nSPS) is 12.2. The van der Waals surface area contributed by atoms with E-state index in [0.717, 1.165) is 15.6 Å². The van der Waals surface area contributed by atoms with E-state index in [-0.39, 0.29) is 11.5 Å². The summed E-state index contributed by atoms with van der Waals surface area (Å²) in [6.45, 7) is 1.92. The van der Waals surface area contributed by atoms with Gasteiger partial charge in [-0.15, -0.1) is 0 Å². The average molecular weight is 474 g/mol. The van der Waals surface area contributed by atoms with Crippen LogP contribution >= 0.6 is 15.9 Å². The Labute approximate surface area is 178 Å². The van der Waals surface area contributed by atoms with Gasteiger partial charge >= 0.3 is 6.09 Å². The highest BCUT2D eigenvalue weighted by atomic mass is 79.9. The average Bonchev–Trinajstić information content (AvgIpc) is 2.72. The fourth-order valence-corrected chi connectivity index (χ4v) is 4.53. The van der Waals surface area contributed by atoms with Crippen molar-refractivity contribution in [2.24, 2.45) is 0 Å². The minimum absolute atomic E-state index is 0.0459. The molecular weight excluding hydrogens is 454 g/mol. The molecule has 0 saturated carbocycles. The van der Waals surface area contributed by atoms with Crippen molar-refractivity contribution >= 4 is 31.9 Å². The summed E-state index contributed by atoms with van der Waals surface area (Å²) in [6.07, 6.45) is -0.808. The van der Waals surface area contributed by atoms with Crippen molar-refractivity contribution in [1.29, 1.82) is 0 Å². The zero-order valence-electron chi connectivity index (χ0n) is 15.7. The lowest BCUT2D eigenvalue weighted by molar-refractivity contribution is 0.138. The number of amides is 1. The first-order chi connectivity index (χ1) is 13.9. The Balaban J connectivity index is 1.86. The van der Waals surface area contributed by atoms with Gasteiger partial charge in [0.1, 0.15) is 6.61 Å². The lowest BCUT2D eigenvalue weighted by Gasteiger charge is -2.20. The van der Waals surface area contributed by atoms with Gasteiger partial charge in [0.2, 0.25) is 9.84 Å². The fourth-order valence-electron chi connectivity index (χ4n) is 2.71. The van der Waals surface area contributed by atoms with Crippen LogP contribution in [0.1, 0.15) is 22.1 Å². The summed E-state index contributed by atoms with van der Waals surface area (Å²) in [7, 11) is -3.89. The molecule has 7 heteroatoms. The van der Waals surface area contributed by atoms with Gasteiger partial charge in [0, 0.05) is 4.47 Å². The van der Waals surface area contributed by atoms with Crippen molar-refractivity contribution in [2.75, 3.05) is 0 Å². The quantitative estimate of drug-likeness (QED) is 0.536. The lowest BCUT2D eigenvalue weighted by Crippen LogP contribution is -2.34. The predicted octanol–water partition coefficient (Wildman–Crippen LogP) is 5.16. The molecular formula is C22H20BrNO4S. The molecule has 5 nitrogen and oxygen atoms in total. The monoisotopic (exact) mass is 473 g/mol. The van der Waals surface area contributed by atoms with E-state index < -0.39 is 21.3 Å². The largest absolute Gasteiger partial charge is 0.445 e. The molecule has 0 aliphatic carbocycles. The van der Waals surface area contributed by atoms with Crippen molar-refractivity contribution < 1.29 is 17.9 Å². The van der Waals surface area contributed by atoms with Gasteiger partial charge in [-0.3, -0.25) is 0 Å². The summed E-state index contributed by atoms with van der Waals surface area (Å²) < 4.78 is 32.5. The number of aryl methyl sites for hydroxylation is 1. The minimum atomic E-state index is -3.89. The van der Waals surface area contributed by atoms with E-state index in [2.05, 4.69) is 21.2 Å². The maximum Gasteiger partial charge on any atom is 0.408 e. The Hall–Kier alpha value is -2.64. The number of hydrogen-bond acceptors (Lipinski definition) is 4.